The molecule has 0 aliphatic carbocycles. The maximum atomic E-state index is 9.40. The van der Waals surface area contributed by atoms with E-state index in [0.29, 0.717) is 0 Å². The van der Waals surface area contributed by atoms with Crippen LogP contribution in [0.2, 0.25) is 0 Å². The van der Waals surface area contributed by atoms with Gasteiger partial charge in [-0.2, -0.15) is 0 Å². The van der Waals surface area contributed by atoms with Crippen molar-refractivity contribution in [2.45, 2.75) is 45.6 Å². The Labute approximate surface area is 103 Å². The van der Waals surface area contributed by atoms with E-state index in [4.69, 9.17) is 0 Å². The van der Waals surface area contributed by atoms with Gasteiger partial charge in [-0.3, -0.25) is 0 Å². The van der Waals surface area contributed by atoms with Gasteiger partial charge in [0.2, 0.25) is 0 Å². The van der Waals surface area contributed by atoms with Gasteiger partial charge in [0.25, 0.3) is 0 Å². The van der Waals surface area contributed by atoms with Crippen molar-refractivity contribution in [3.8, 4) is 11.5 Å². The van der Waals surface area contributed by atoms with Crippen LogP contribution in [-0.4, -0.2) is 16.8 Å². The Balaban J connectivity index is 2.38. The Hall–Kier alpha value is -1.22. The number of phenols is 2. The Bertz CT molecular complexity index is 319. The van der Waals surface area contributed by atoms with Crippen molar-refractivity contribution in [2.75, 3.05) is 6.54 Å². The number of hydrogen-bond donors (Lipinski definition) is 3. The fourth-order valence-electron chi connectivity index (χ4n) is 1.86. The highest BCUT2D eigenvalue weighted by molar-refractivity contribution is 5.37. The molecule has 0 heterocycles. The summed E-state index contributed by atoms with van der Waals surface area (Å²) in [6.45, 7) is 5.21. The van der Waals surface area contributed by atoms with Gasteiger partial charge < -0.3 is 15.5 Å². The first-order valence-electron chi connectivity index (χ1n) is 6.39. The molecule has 1 unspecified atom stereocenters. The van der Waals surface area contributed by atoms with Crippen molar-refractivity contribution >= 4 is 0 Å². The SMILES string of the molecule is CCCCCCNC(C)c1cc(O)cc(O)c1. The van der Waals surface area contributed by atoms with E-state index in [-0.39, 0.29) is 17.5 Å². The molecule has 0 spiro atoms. The minimum atomic E-state index is 0.111. The predicted molar refractivity (Wildman–Crippen MR) is 70.3 cm³/mol. The second kappa shape index (κ2) is 7.17. The second-order valence-corrected chi connectivity index (χ2v) is 4.52. The number of nitrogens with one attached hydrogen (secondary N) is 1. The molecule has 0 amide bonds. The van der Waals surface area contributed by atoms with E-state index in [9.17, 15) is 10.2 Å². The van der Waals surface area contributed by atoms with Crippen molar-refractivity contribution in [1.29, 1.82) is 0 Å². The second-order valence-electron chi connectivity index (χ2n) is 4.52. The van der Waals surface area contributed by atoms with Gasteiger partial charge in [-0.25, -0.2) is 0 Å². The van der Waals surface area contributed by atoms with Crippen molar-refractivity contribution in [3.63, 3.8) is 0 Å². The number of hydrogen-bond acceptors (Lipinski definition) is 3. The van der Waals surface area contributed by atoms with Crippen LogP contribution in [0.25, 0.3) is 0 Å². The first kappa shape index (κ1) is 13.8. The van der Waals surface area contributed by atoms with Crippen LogP contribution in [0, 0.1) is 0 Å². The van der Waals surface area contributed by atoms with Gasteiger partial charge in [-0.05, 0) is 37.6 Å². The first-order chi connectivity index (χ1) is 8.13. The van der Waals surface area contributed by atoms with Gasteiger partial charge in [0, 0.05) is 12.1 Å². The Morgan fingerprint density at radius 2 is 1.71 bits per heavy atom. The average Bonchev–Trinajstić information content (AvgIpc) is 2.27. The highest BCUT2D eigenvalue weighted by Gasteiger charge is 2.06. The summed E-state index contributed by atoms with van der Waals surface area (Å²) >= 11 is 0. The Morgan fingerprint density at radius 3 is 2.29 bits per heavy atom. The molecule has 1 aromatic carbocycles. The van der Waals surface area contributed by atoms with Crippen LogP contribution >= 0.6 is 0 Å². The van der Waals surface area contributed by atoms with Gasteiger partial charge in [-0.15, -0.1) is 0 Å². The van der Waals surface area contributed by atoms with Gasteiger partial charge >= 0.3 is 0 Å². The van der Waals surface area contributed by atoms with Gasteiger partial charge in [0.15, 0.2) is 0 Å². The van der Waals surface area contributed by atoms with Crippen molar-refractivity contribution < 1.29 is 10.2 Å². The normalized spacial score (nSPS) is 12.6. The summed E-state index contributed by atoms with van der Waals surface area (Å²) in [6.07, 6.45) is 4.95. The molecule has 96 valence electrons. The number of benzene rings is 1. The summed E-state index contributed by atoms with van der Waals surface area (Å²) in [5.74, 6) is 0.222. The molecule has 3 nitrogen and oxygen atoms in total. The lowest BCUT2D eigenvalue weighted by Gasteiger charge is -2.14. The molecule has 0 aliphatic heterocycles. The summed E-state index contributed by atoms with van der Waals surface area (Å²) in [5, 5.41) is 22.2. The van der Waals surface area contributed by atoms with E-state index in [1.807, 2.05) is 6.92 Å². The zero-order chi connectivity index (χ0) is 12.7. The van der Waals surface area contributed by atoms with E-state index >= 15 is 0 Å². The van der Waals surface area contributed by atoms with Crippen LogP contribution < -0.4 is 5.32 Å². The zero-order valence-corrected chi connectivity index (χ0v) is 10.7. The standard InChI is InChI=1S/C14H23NO2/c1-3-4-5-6-7-15-11(2)12-8-13(16)10-14(17)9-12/h8-11,15-17H,3-7H2,1-2H3. The lowest BCUT2D eigenvalue weighted by Crippen LogP contribution is -2.19. The van der Waals surface area contributed by atoms with Gasteiger partial charge in [0.05, 0.1) is 0 Å². The molecule has 1 aromatic rings. The molecule has 0 saturated carbocycles. The predicted octanol–water partition coefficient (Wildman–Crippen LogP) is 3.33. The minimum absolute atomic E-state index is 0.111. The number of rotatable bonds is 7. The van der Waals surface area contributed by atoms with E-state index in [1.165, 1.54) is 31.7 Å². The van der Waals surface area contributed by atoms with E-state index in [0.717, 1.165) is 12.1 Å². The highest BCUT2D eigenvalue weighted by Crippen LogP contribution is 2.24. The molecule has 0 saturated heterocycles. The summed E-state index contributed by atoms with van der Waals surface area (Å²) in [5.41, 5.74) is 0.915. The third kappa shape index (κ3) is 5.09. The summed E-state index contributed by atoms with van der Waals surface area (Å²) in [7, 11) is 0. The minimum Gasteiger partial charge on any atom is -0.508 e. The fourth-order valence-corrected chi connectivity index (χ4v) is 1.86. The topological polar surface area (TPSA) is 52.5 Å². The smallest absolute Gasteiger partial charge is 0.119 e. The molecule has 0 aliphatic rings. The molecule has 0 fully saturated rings. The van der Waals surface area contributed by atoms with Crippen molar-refractivity contribution in [2.24, 2.45) is 0 Å². The molecular formula is C14H23NO2. The largest absolute Gasteiger partial charge is 0.508 e. The molecular weight excluding hydrogens is 214 g/mol. The van der Waals surface area contributed by atoms with Crippen molar-refractivity contribution in [3.05, 3.63) is 23.8 Å². The van der Waals surface area contributed by atoms with Crippen molar-refractivity contribution in [1.82, 2.24) is 5.32 Å². The molecule has 1 rings (SSSR count). The van der Waals surface area contributed by atoms with Gasteiger partial charge in [-0.1, -0.05) is 26.2 Å². The van der Waals surface area contributed by atoms with E-state index < -0.39 is 0 Å². The quantitative estimate of drug-likeness (QED) is 0.638. The average molecular weight is 237 g/mol. The van der Waals surface area contributed by atoms with E-state index in [2.05, 4.69) is 12.2 Å². The molecule has 0 bridgehead atoms. The zero-order valence-electron chi connectivity index (χ0n) is 10.7. The van der Waals surface area contributed by atoms with Crippen LogP contribution in [0.5, 0.6) is 11.5 Å². The molecule has 1 atom stereocenters. The highest BCUT2D eigenvalue weighted by atomic mass is 16.3. The number of phenolic OH excluding ortho intramolecular Hbond substituents is 2. The third-order valence-corrected chi connectivity index (χ3v) is 2.91. The lowest BCUT2D eigenvalue weighted by atomic mass is 10.1. The van der Waals surface area contributed by atoms with Gasteiger partial charge in [0.1, 0.15) is 11.5 Å². The molecule has 0 radical (unpaired) electrons. The Morgan fingerprint density at radius 1 is 1.06 bits per heavy atom. The molecule has 3 heteroatoms. The maximum absolute atomic E-state index is 9.40. The first-order valence-corrected chi connectivity index (χ1v) is 6.39. The van der Waals surface area contributed by atoms with Crippen LogP contribution in [0.1, 0.15) is 51.1 Å². The summed E-state index contributed by atoms with van der Waals surface area (Å²) in [4.78, 5) is 0. The number of aromatic hydroxyl groups is 2. The summed E-state index contributed by atoms with van der Waals surface area (Å²) < 4.78 is 0. The van der Waals surface area contributed by atoms with Crippen LogP contribution in [0.3, 0.4) is 0 Å². The van der Waals surface area contributed by atoms with Crippen LogP contribution in [-0.2, 0) is 0 Å². The monoisotopic (exact) mass is 237 g/mol. The third-order valence-electron chi connectivity index (χ3n) is 2.91. The maximum Gasteiger partial charge on any atom is 0.119 e. The molecule has 17 heavy (non-hydrogen) atoms. The summed E-state index contributed by atoms with van der Waals surface area (Å²) in [6, 6.07) is 4.86. The van der Waals surface area contributed by atoms with Crippen LogP contribution in [0.4, 0.5) is 0 Å². The molecule has 3 N–H and O–H groups in total. The Kier molecular flexibility index (Phi) is 5.84. The van der Waals surface area contributed by atoms with E-state index in [1.54, 1.807) is 12.1 Å². The number of unbranched alkanes of at least 4 members (excludes halogenated alkanes) is 3. The fraction of sp³-hybridized carbons (Fsp3) is 0.571. The lowest BCUT2D eigenvalue weighted by molar-refractivity contribution is 0.445. The molecule has 0 aromatic heterocycles. The van der Waals surface area contributed by atoms with Crippen LogP contribution in [0.15, 0.2) is 18.2 Å².